The van der Waals surface area contributed by atoms with E-state index in [0.29, 0.717) is 18.1 Å². The second kappa shape index (κ2) is 5.45. The molecule has 2 aromatic rings. The number of hydrogen-bond donors (Lipinski definition) is 0. The van der Waals surface area contributed by atoms with Crippen LogP contribution in [0.2, 0.25) is 0 Å². The molecule has 0 unspecified atom stereocenters. The minimum Gasteiger partial charge on any atom is -0.493 e. The monoisotopic (exact) mass is 248 g/mol. The number of aromatic nitrogens is 1. The highest BCUT2D eigenvalue weighted by Gasteiger charge is 2.06. The molecule has 1 aromatic carbocycles. The molecule has 0 aliphatic carbocycles. The van der Waals surface area contributed by atoms with Gasteiger partial charge in [-0.1, -0.05) is 0 Å². The van der Waals surface area contributed by atoms with Gasteiger partial charge >= 0.3 is 0 Å². The molecule has 2 rings (SSSR count). The fourth-order valence-electron chi connectivity index (χ4n) is 1.34. The summed E-state index contributed by atoms with van der Waals surface area (Å²) in [5, 5.41) is 0. The van der Waals surface area contributed by atoms with Crippen LogP contribution in [0.1, 0.15) is 4.88 Å². The summed E-state index contributed by atoms with van der Waals surface area (Å²) >= 11 is 1.56. The highest BCUT2D eigenvalue weighted by molar-refractivity contribution is 7.09. The Morgan fingerprint density at radius 2 is 2.29 bits per heavy atom. The van der Waals surface area contributed by atoms with Gasteiger partial charge in [-0.15, -0.1) is 11.3 Å². The van der Waals surface area contributed by atoms with Gasteiger partial charge in [0, 0.05) is 12.3 Å². The van der Waals surface area contributed by atoms with Gasteiger partial charge in [-0.3, -0.25) is 9.98 Å². The maximum absolute atomic E-state index is 5.66. The van der Waals surface area contributed by atoms with Crippen LogP contribution in [0.4, 0.5) is 5.69 Å². The van der Waals surface area contributed by atoms with Crippen LogP contribution in [-0.2, 0) is 6.61 Å². The summed E-state index contributed by atoms with van der Waals surface area (Å²) in [5.41, 5.74) is 2.53. The van der Waals surface area contributed by atoms with Gasteiger partial charge in [0.2, 0.25) is 0 Å². The topological polar surface area (TPSA) is 43.7 Å². The quantitative estimate of drug-likeness (QED) is 0.764. The first-order chi connectivity index (χ1) is 8.33. The molecule has 0 saturated heterocycles. The van der Waals surface area contributed by atoms with Crippen LogP contribution >= 0.6 is 11.3 Å². The molecule has 0 bridgehead atoms. The van der Waals surface area contributed by atoms with E-state index in [9.17, 15) is 0 Å². The lowest BCUT2D eigenvalue weighted by Crippen LogP contribution is -1.95. The molecular formula is C12H12N2O2S. The lowest BCUT2D eigenvalue weighted by molar-refractivity contribution is 0.287. The van der Waals surface area contributed by atoms with E-state index in [-0.39, 0.29) is 0 Å². The Bertz CT molecular complexity index is 497. The van der Waals surface area contributed by atoms with Gasteiger partial charge in [-0.05, 0) is 18.9 Å². The molecule has 0 saturated carbocycles. The lowest BCUT2D eigenvalue weighted by Gasteiger charge is -2.10. The number of thiazole rings is 1. The molecule has 4 nitrogen and oxygen atoms in total. The third kappa shape index (κ3) is 2.82. The number of ether oxygens (including phenoxy) is 2. The van der Waals surface area contributed by atoms with Crippen molar-refractivity contribution in [2.24, 2.45) is 4.99 Å². The zero-order chi connectivity index (χ0) is 12.1. The van der Waals surface area contributed by atoms with Gasteiger partial charge in [-0.25, -0.2) is 0 Å². The van der Waals surface area contributed by atoms with E-state index in [1.54, 1.807) is 36.2 Å². The molecule has 0 fully saturated rings. The van der Waals surface area contributed by atoms with Crippen molar-refractivity contribution < 1.29 is 9.47 Å². The first kappa shape index (κ1) is 11.6. The summed E-state index contributed by atoms with van der Waals surface area (Å²) in [4.78, 5) is 8.89. The van der Waals surface area contributed by atoms with Crippen LogP contribution in [0.25, 0.3) is 0 Å². The van der Waals surface area contributed by atoms with Gasteiger partial charge in [0.15, 0.2) is 11.5 Å². The first-order valence-electron chi connectivity index (χ1n) is 4.98. The van der Waals surface area contributed by atoms with Gasteiger partial charge < -0.3 is 9.47 Å². The van der Waals surface area contributed by atoms with E-state index in [1.807, 2.05) is 12.1 Å². The molecule has 0 spiro atoms. The SMILES string of the molecule is C=Nc1ccc(OCc2cncs2)c(OC)c1. The van der Waals surface area contributed by atoms with Crippen molar-refractivity contribution in [3.63, 3.8) is 0 Å². The van der Waals surface area contributed by atoms with E-state index in [4.69, 9.17) is 9.47 Å². The molecular weight excluding hydrogens is 236 g/mol. The molecule has 0 atom stereocenters. The minimum absolute atomic E-state index is 0.488. The first-order valence-corrected chi connectivity index (χ1v) is 5.86. The number of rotatable bonds is 5. The molecule has 17 heavy (non-hydrogen) atoms. The predicted molar refractivity (Wildman–Crippen MR) is 68.6 cm³/mol. The van der Waals surface area contributed by atoms with E-state index < -0.39 is 0 Å². The molecule has 0 aliphatic rings. The molecule has 5 heteroatoms. The molecule has 1 heterocycles. The lowest BCUT2D eigenvalue weighted by atomic mass is 10.3. The van der Waals surface area contributed by atoms with E-state index in [2.05, 4.69) is 16.7 Å². The average molecular weight is 248 g/mol. The van der Waals surface area contributed by atoms with Crippen LogP contribution in [0.3, 0.4) is 0 Å². The van der Waals surface area contributed by atoms with Gasteiger partial charge in [0.1, 0.15) is 6.61 Å². The van der Waals surface area contributed by atoms with Crippen LogP contribution in [0, 0.1) is 0 Å². The number of benzene rings is 1. The zero-order valence-electron chi connectivity index (χ0n) is 9.42. The van der Waals surface area contributed by atoms with Crippen LogP contribution in [0.5, 0.6) is 11.5 Å². The number of nitrogens with zero attached hydrogens (tertiary/aromatic N) is 2. The fraction of sp³-hybridized carbons (Fsp3) is 0.167. The number of methoxy groups -OCH3 is 1. The maximum Gasteiger partial charge on any atom is 0.162 e. The Labute approximate surface area is 104 Å². The predicted octanol–water partition coefficient (Wildman–Crippen LogP) is 3.06. The van der Waals surface area contributed by atoms with Crippen LogP contribution < -0.4 is 9.47 Å². The highest BCUT2D eigenvalue weighted by atomic mass is 32.1. The Balaban J connectivity index is 2.12. The Morgan fingerprint density at radius 1 is 1.41 bits per heavy atom. The standard InChI is InChI=1S/C12H12N2O2S/c1-13-9-3-4-11(12(5-9)15-2)16-7-10-6-14-8-17-10/h3-6,8H,1,7H2,2H3. The normalized spacial score (nSPS) is 9.94. The molecule has 1 aromatic heterocycles. The zero-order valence-corrected chi connectivity index (χ0v) is 10.2. The largest absolute Gasteiger partial charge is 0.493 e. The fourth-order valence-corrected chi connectivity index (χ4v) is 1.84. The smallest absolute Gasteiger partial charge is 0.162 e. The molecule has 0 amide bonds. The van der Waals surface area contributed by atoms with Gasteiger partial charge in [0.05, 0.1) is 23.2 Å². The van der Waals surface area contributed by atoms with Crippen molar-refractivity contribution >= 4 is 23.7 Å². The van der Waals surface area contributed by atoms with Crippen molar-refractivity contribution in [1.29, 1.82) is 0 Å². The second-order valence-electron chi connectivity index (χ2n) is 3.25. The van der Waals surface area contributed by atoms with E-state index >= 15 is 0 Å². The molecule has 0 radical (unpaired) electrons. The van der Waals surface area contributed by atoms with Crippen LogP contribution in [-0.4, -0.2) is 18.8 Å². The number of aliphatic imine (C=N–C) groups is 1. The van der Waals surface area contributed by atoms with Gasteiger partial charge in [0.25, 0.3) is 0 Å². The summed E-state index contributed by atoms with van der Waals surface area (Å²) in [5.74, 6) is 1.34. The molecule has 88 valence electrons. The Hall–Kier alpha value is -1.88. The Morgan fingerprint density at radius 3 is 2.94 bits per heavy atom. The van der Waals surface area contributed by atoms with Gasteiger partial charge in [-0.2, -0.15) is 0 Å². The summed E-state index contributed by atoms with van der Waals surface area (Å²) in [6, 6.07) is 5.44. The van der Waals surface area contributed by atoms with Crippen molar-refractivity contribution in [3.8, 4) is 11.5 Å². The van der Waals surface area contributed by atoms with Crippen LogP contribution in [0.15, 0.2) is 34.9 Å². The van der Waals surface area contributed by atoms with Crippen molar-refractivity contribution in [3.05, 3.63) is 34.8 Å². The van der Waals surface area contributed by atoms with E-state index in [1.165, 1.54) is 0 Å². The summed E-state index contributed by atoms with van der Waals surface area (Å²) in [7, 11) is 1.60. The van der Waals surface area contributed by atoms with Crippen molar-refractivity contribution in [2.45, 2.75) is 6.61 Å². The third-order valence-electron chi connectivity index (χ3n) is 2.18. The summed E-state index contributed by atoms with van der Waals surface area (Å²) in [6.45, 7) is 3.96. The third-order valence-corrected chi connectivity index (χ3v) is 2.94. The van der Waals surface area contributed by atoms with E-state index in [0.717, 1.165) is 10.6 Å². The Kier molecular flexibility index (Phi) is 3.72. The number of hydrogen-bond acceptors (Lipinski definition) is 5. The van der Waals surface area contributed by atoms with Crippen molar-refractivity contribution in [2.75, 3.05) is 7.11 Å². The molecule has 0 N–H and O–H groups in total. The average Bonchev–Trinajstić information content (AvgIpc) is 2.89. The molecule has 0 aliphatic heterocycles. The maximum atomic E-state index is 5.66. The highest BCUT2D eigenvalue weighted by Crippen LogP contribution is 2.31. The summed E-state index contributed by atoms with van der Waals surface area (Å²) < 4.78 is 10.9. The van der Waals surface area contributed by atoms with Crippen molar-refractivity contribution in [1.82, 2.24) is 4.98 Å². The minimum atomic E-state index is 0.488. The summed E-state index contributed by atoms with van der Waals surface area (Å²) in [6.07, 6.45) is 1.79. The second-order valence-corrected chi connectivity index (χ2v) is 4.22.